The first-order chi connectivity index (χ1) is 7.72. The molecule has 0 radical (unpaired) electrons. The Balaban J connectivity index is 2.66. The molecule has 1 N–H and O–H groups in total. The van der Waals surface area contributed by atoms with E-state index in [0.29, 0.717) is 0 Å². The van der Waals surface area contributed by atoms with Crippen LogP contribution in [0.3, 0.4) is 0 Å². The molecule has 0 saturated carbocycles. The Bertz CT molecular complexity index is 374. The number of hydrogen-bond donors (Lipinski definition) is 1. The maximum Gasteiger partial charge on any atom is 0.401 e. The third kappa shape index (κ3) is 4.68. The highest BCUT2D eigenvalue weighted by Crippen LogP contribution is 2.29. The third-order valence-electron chi connectivity index (χ3n) is 2.50. The topological polar surface area (TPSA) is 12.0 Å². The van der Waals surface area contributed by atoms with Crippen LogP contribution in [0.4, 0.5) is 13.2 Å². The lowest BCUT2D eigenvalue weighted by atomic mass is 9.84. The summed E-state index contributed by atoms with van der Waals surface area (Å²) in [7, 11) is 0. The van der Waals surface area contributed by atoms with E-state index in [0.717, 1.165) is 10.0 Å². The fourth-order valence-electron chi connectivity index (χ4n) is 1.62. The van der Waals surface area contributed by atoms with Crippen molar-refractivity contribution in [3.05, 3.63) is 34.3 Å². The van der Waals surface area contributed by atoms with E-state index in [4.69, 9.17) is 0 Å². The molecule has 0 unspecified atom stereocenters. The van der Waals surface area contributed by atoms with Crippen LogP contribution in [-0.4, -0.2) is 19.3 Å². The van der Waals surface area contributed by atoms with Crippen molar-refractivity contribution < 1.29 is 13.2 Å². The summed E-state index contributed by atoms with van der Waals surface area (Å²) in [4.78, 5) is 0. The van der Waals surface area contributed by atoms with E-state index in [-0.39, 0.29) is 12.0 Å². The number of halogens is 4. The lowest BCUT2D eigenvalue weighted by Crippen LogP contribution is -2.38. The molecule has 1 rings (SSSR count). The second-order valence-corrected chi connectivity index (χ2v) is 5.44. The molecule has 0 aromatic heterocycles. The molecule has 0 saturated heterocycles. The van der Waals surface area contributed by atoms with Gasteiger partial charge in [0.2, 0.25) is 0 Å². The smallest absolute Gasteiger partial charge is 0.308 e. The van der Waals surface area contributed by atoms with Crippen LogP contribution in [0.1, 0.15) is 19.4 Å². The minimum absolute atomic E-state index is 0.273. The largest absolute Gasteiger partial charge is 0.401 e. The van der Waals surface area contributed by atoms with E-state index in [1.54, 1.807) is 0 Å². The van der Waals surface area contributed by atoms with Gasteiger partial charge in [0.1, 0.15) is 0 Å². The predicted molar refractivity (Wildman–Crippen MR) is 66.1 cm³/mol. The van der Waals surface area contributed by atoms with Gasteiger partial charge in [-0.25, -0.2) is 0 Å². The van der Waals surface area contributed by atoms with Gasteiger partial charge in [-0.05, 0) is 11.6 Å². The van der Waals surface area contributed by atoms with Crippen LogP contribution in [-0.2, 0) is 5.41 Å². The van der Waals surface area contributed by atoms with Gasteiger partial charge in [-0.1, -0.05) is 48.0 Å². The van der Waals surface area contributed by atoms with Crippen LogP contribution in [0.15, 0.2) is 28.7 Å². The molecule has 0 atom stereocenters. The Morgan fingerprint density at radius 2 is 1.71 bits per heavy atom. The zero-order valence-electron chi connectivity index (χ0n) is 9.74. The van der Waals surface area contributed by atoms with E-state index in [9.17, 15) is 13.2 Å². The quantitative estimate of drug-likeness (QED) is 0.890. The Kier molecular flexibility index (Phi) is 4.61. The van der Waals surface area contributed by atoms with Crippen LogP contribution in [0.25, 0.3) is 0 Å². The van der Waals surface area contributed by atoms with Gasteiger partial charge in [-0.3, -0.25) is 0 Å². The average Bonchev–Trinajstić information content (AvgIpc) is 2.15. The van der Waals surface area contributed by atoms with Crippen LogP contribution >= 0.6 is 15.9 Å². The van der Waals surface area contributed by atoms with E-state index in [2.05, 4.69) is 21.2 Å². The first-order valence-corrected chi connectivity index (χ1v) is 6.04. The minimum Gasteiger partial charge on any atom is -0.308 e. The lowest BCUT2D eigenvalue weighted by molar-refractivity contribution is -0.125. The molecule has 5 heteroatoms. The normalized spacial score (nSPS) is 12.8. The first-order valence-electron chi connectivity index (χ1n) is 5.25. The molecule has 1 aromatic carbocycles. The van der Waals surface area contributed by atoms with Crippen molar-refractivity contribution in [1.82, 2.24) is 5.32 Å². The van der Waals surface area contributed by atoms with Crippen LogP contribution in [0.5, 0.6) is 0 Å². The van der Waals surface area contributed by atoms with E-state index in [1.165, 1.54) is 0 Å². The molecular weight excluding hydrogens is 295 g/mol. The second kappa shape index (κ2) is 5.40. The maximum atomic E-state index is 12.0. The monoisotopic (exact) mass is 309 g/mol. The molecule has 1 nitrogen and oxygen atoms in total. The average molecular weight is 310 g/mol. The number of rotatable bonds is 4. The van der Waals surface area contributed by atoms with Gasteiger partial charge < -0.3 is 5.32 Å². The highest BCUT2D eigenvalue weighted by atomic mass is 79.9. The zero-order valence-corrected chi connectivity index (χ0v) is 11.3. The Morgan fingerprint density at radius 1 is 1.12 bits per heavy atom. The first kappa shape index (κ1) is 14.5. The Morgan fingerprint density at radius 3 is 2.24 bits per heavy atom. The van der Waals surface area contributed by atoms with Crippen LogP contribution in [0.2, 0.25) is 0 Å². The molecule has 0 fully saturated rings. The lowest BCUT2D eigenvalue weighted by Gasteiger charge is -2.27. The van der Waals surface area contributed by atoms with Crippen molar-refractivity contribution in [1.29, 1.82) is 0 Å². The fourth-order valence-corrected chi connectivity index (χ4v) is 2.44. The molecular formula is C12H15BrF3N. The number of alkyl halides is 3. The summed E-state index contributed by atoms with van der Waals surface area (Å²) in [5, 5.41) is 2.45. The van der Waals surface area contributed by atoms with Gasteiger partial charge in [0.25, 0.3) is 0 Å². The van der Waals surface area contributed by atoms with Crippen molar-refractivity contribution in [2.24, 2.45) is 0 Å². The van der Waals surface area contributed by atoms with Crippen LogP contribution < -0.4 is 5.32 Å². The third-order valence-corrected chi connectivity index (χ3v) is 3.19. The van der Waals surface area contributed by atoms with E-state index < -0.39 is 12.7 Å². The van der Waals surface area contributed by atoms with Gasteiger partial charge in [-0.15, -0.1) is 0 Å². The van der Waals surface area contributed by atoms with Crippen molar-refractivity contribution in [3.8, 4) is 0 Å². The molecule has 0 aliphatic heterocycles. The Hall–Kier alpha value is -0.550. The standard InChI is InChI=1S/C12H15BrF3N/c1-11(2,7-17-8-12(14,15)16)9-5-3-4-6-10(9)13/h3-6,17H,7-8H2,1-2H3. The van der Waals surface area contributed by atoms with Gasteiger partial charge in [0, 0.05) is 16.4 Å². The predicted octanol–water partition coefficient (Wildman–Crippen LogP) is 3.88. The highest BCUT2D eigenvalue weighted by molar-refractivity contribution is 9.10. The maximum absolute atomic E-state index is 12.0. The molecule has 0 aliphatic rings. The SMILES string of the molecule is CC(C)(CNCC(F)(F)F)c1ccccc1Br. The van der Waals surface area contributed by atoms with Crippen LogP contribution in [0, 0.1) is 0 Å². The molecule has 0 heterocycles. The second-order valence-electron chi connectivity index (χ2n) is 4.58. The summed E-state index contributed by atoms with van der Waals surface area (Å²) in [5.74, 6) is 0. The van der Waals surface area contributed by atoms with Crippen molar-refractivity contribution >= 4 is 15.9 Å². The molecule has 0 bridgehead atoms. The van der Waals surface area contributed by atoms with Crippen molar-refractivity contribution in [3.63, 3.8) is 0 Å². The summed E-state index contributed by atoms with van der Waals surface area (Å²) < 4.78 is 37.0. The molecule has 0 spiro atoms. The molecule has 17 heavy (non-hydrogen) atoms. The summed E-state index contributed by atoms with van der Waals surface area (Å²) in [6.45, 7) is 3.14. The molecule has 1 aromatic rings. The van der Waals surface area contributed by atoms with E-state index >= 15 is 0 Å². The van der Waals surface area contributed by atoms with E-state index in [1.807, 2.05) is 38.1 Å². The van der Waals surface area contributed by atoms with Gasteiger partial charge >= 0.3 is 6.18 Å². The summed E-state index contributed by atoms with van der Waals surface area (Å²) in [5.41, 5.74) is 0.639. The molecule has 96 valence electrons. The summed E-state index contributed by atoms with van der Waals surface area (Å²) >= 11 is 3.41. The van der Waals surface area contributed by atoms with Gasteiger partial charge in [0.15, 0.2) is 0 Å². The molecule has 0 aliphatic carbocycles. The zero-order chi connectivity index (χ0) is 13.1. The van der Waals surface area contributed by atoms with Crippen molar-refractivity contribution in [2.75, 3.05) is 13.1 Å². The summed E-state index contributed by atoms with van der Waals surface area (Å²) in [6, 6.07) is 7.57. The van der Waals surface area contributed by atoms with Crippen molar-refractivity contribution in [2.45, 2.75) is 25.4 Å². The number of hydrogen-bond acceptors (Lipinski definition) is 1. The number of benzene rings is 1. The highest BCUT2D eigenvalue weighted by Gasteiger charge is 2.29. The summed E-state index contributed by atoms with van der Waals surface area (Å²) in [6.07, 6.45) is -4.16. The minimum atomic E-state index is -4.16. The Labute approximate surface area is 108 Å². The fraction of sp³-hybridized carbons (Fsp3) is 0.500. The van der Waals surface area contributed by atoms with Gasteiger partial charge in [-0.2, -0.15) is 13.2 Å². The molecule has 0 amide bonds. The van der Waals surface area contributed by atoms with Gasteiger partial charge in [0.05, 0.1) is 6.54 Å². The number of nitrogens with one attached hydrogen (secondary N) is 1.